The van der Waals surface area contributed by atoms with Crippen LogP contribution < -0.4 is 5.32 Å². The Bertz CT molecular complexity index is 629. The van der Waals surface area contributed by atoms with Gasteiger partial charge in [0.1, 0.15) is 11.6 Å². The summed E-state index contributed by atoms with van der Waals surface area (Å²) in [6, 6.07) is 8.50. The monoisotopic (exact) mass is 399 g/mol. The van der Waals surface area contributed by atoms with Crippen LogP contribution in [0.15, 0.2) is 30.3 Å². The predicted octanol–water partition coefficient (Wildman–Crippen LogP) is 2.88. The molecule has 0 aliphatic rings. The molecule has 1 aromatic carbocycles. The van der Waals surface area contributed by atoms with Crippen LogP contribution in [0, 0.1) is 0 Å². The minimum atomic E-state index is -1.22. The van der Waals surface area contributed by atoms with Gasteiger partial charge in [-0.05, 0) is 39.2 Å². The minimum absolute atomic E-state index is 0.0597. The van der Waals surface area contributed by atoms with Crippen LogP contribution in [-0.4, -0.2) is 51.6 Å². The molecule has 152 valence electrons. The summed E-state index contributed by atoms with van der Waals surface area (Å²) in [5.41, 5.74) is 0.287. The van der Waals surface area contributed by atoms with Crippen molar-refractivity contribution >= 4 is 22.9 Å². The molecule has 7 nitrogen and oxygen atoms in total. The molecule has 2 N–H and O–H groups in total. The lowest BCUT2D eigenvalue weighted by atomic mass is 10.1. The van der Waals surface area contributed by atoms with Gasteiger partial charge in [0.05, 0.1) is 6.10 Å². The van der Waals surface area contributed by atoms with E-state index < -0.39 is 34.5 Å². The molecule has 0 aliphatic heterocycles. The Kier molecular flexibility index (Phi) is 9.45. The maximum atomic E-state index is 12.3. The van der Waals surface area contributed by atoms with Crippen LogP contribution in [0.3, 0.4) is 0 Å². The van der Waals surface area contributed by atoms with Crippen molar-refractivity contribution in [3.05, 3.63) is 35.9 Å². The molecular formula is C19H29NO6S. The highest BCUT2D eigenvalue weighted by atomic mass is 32.2. The lowest BCUT2D eigenvalue weighted by molar-refractivity contribution is -0.139. The van der Waals surface area contributed by atoms with Crippen molar-refractivity contribution in [1.29, 1.82) is 0 Å². The summed E-state index contributed by atoms with van der Waals surface area (Å²) in [6.07, 6.45) is -0.344. The molecule has 1 aromatic rings. The Morgan fingerprint density at radius 1 is 1.15 bits per heavy atom. The number of carbonyl (C=O) groups is 2. The van der Waals surface area contributed by atoms with E-state index in [-0.39, 0.29) is 18.3 Å². The molecule has 1 amide bonds. The van der Waals surface area contributed by atoms with Crippen LogP contribution in [0.5, 0.6) is 0 Å². The maximum absolute atomic E-state index is 12.3. The van der Waals surface area contributed by atoms with E-state index in [0.29, 0.717) is 12.2 Å². The van der Waals surface area contributed by atoms with E-state index >= 15 is 0 Å². The van der Waals surface area contributed by atoms with E-state index in [1.54, 1.807) is 27.9 Å². The lowest BCUT2D eigenvalue weighted by Gasteiger charge is -2.22. The minimum Gasteiger partial charge on any atom is -0.480 e. The summed E-state index contributed by atoms with van der Waals surface area (Å²) >= 11 is 0. The van der Waals surface area contributed by atoms with Gasteiger partial charge in [0.25, 0.3) is 0 Å². The molecule has 0 aliphatic carbocycles. The number of hydrogen-bond donors (Lipinski definition) is 2. The molecule has 0 saturated heterocycles. The van der Waals surface area contributed by atoms with Crippen LogP contribution in [0.2, 0.25) is 0 Å². The number of ether oxygens (including phenoxy) is 2. The first kappa shape index (κ1) is 23.1. The molecule has 3 unspecified atom stereocenters. The van der Waals surface area contributed by atoms with Crippen molar-refractivity contribution in [2.24, 2.45) is 0 Å². The fraction of sp³-hybridized carbons (Fsp3) is 0.579. The van der Waals surface area contributed by atoms with E-state index in [0.717, 1.165) is 5.56 Å². The number of methoxy groups -OCH3 is 1. The summed E-state index contributed by atoms with van der Waals surface area (Å²) in [5.74, 6) is -0.638. The number of amides is 1. The van der Waals surface area contributed by atoms with Crippen LogP contribution in [0.1, 0.15) is 45.3 Å². The van der Waals surface area contributed by atoms with Gasteiger partial charge in [0, 0.05) is 29.4 Å². The third-order valence-corrected chi connectivity index (χ3v) is 5.07. The summed E-state index contributed by atoms with van der Waals surface area (Å²) in [6.45, 7) is 5.07. The number of benzene rings is 1. The Morgan fingerprint density at radius 3 is 2.26 bits per heavy atom. The zero-order valence-corrected chi connectivity index (χ0v) is 17.1. The van der Waals surface area contributed by atoms with Crippen LogP contribution in [-0.2, 0) is 25.1 Å². The van der Waals surface area contributed by atoms with Crippen molar-refractivity contribution < 1.29 is 28.4 Å². The molecule has 0 bridgehead atoms. The Balaban J connectivity index is 2.47. The van der Waals surface area contributed by atoms with Crippen LogP contribution in [0.4, 0.5) is 4.79 Å². The third kappa shape index (κ3) is 9.53. The molecule has 1 rings (SSSR count). The molecule has 0 fully saturated rings. The predicted molar refractivity (Wildman–Crippen MR) is 104 cm³/mol. The second kappa shape index (κ2) is 11.0. The molecule has 27 heavy (non-hydrogen) atoms. The molecule has 0 aromatic heterocycles. The highest BCUT2D eigenvalue weighted by Gasteiger charge is 2.24. The number of hydrogen-bond acceptors (Lipinski definition) is 5. The van der Waals surface area contributed by atoms with Crippen molar-refractivity contribution in [1.82, 2.24) is 5.32 Å². The van der Waals surface area contributed by atoms with E-state index in [1.807, 2.05) is 30.3 Å². The van der Waals surface area contributed by atoms with Gasteiger partial charge in [-0.2, -0.15) is 0 Å². The van der Waals surface area contributed by atoms with Gasteiger partial charge in [-0.1, -0.05) is 30.3 Å². The van der Waals surface area contributed by atoms with E-state index in [1.165, 1.54) is 0 Å². The van der Waals surface area contributed by atoms with Gasteiger partial charge in [0.2, 0.25) is 0 Å². The van der Waals surface area contributed by atoms with Gasteiger partial charge in [-0.3, -0.25) is 4.21 Å². The average molecular weight is 400 g/mol. The van der Waals surface area contributed by atoms with Gasteiger partial charge in [-0.15, -0.1) is 0 Å². The number of aliphatic carboxylic acids is 1. The molecule has 0 spiro atoms. The SMILES string of the molecule is COC(CCS(=O)CCC(NC(=O)OC(C)(C)C)C(=O)O)c1ccccc1. The maximum Gasteiger partial charge on any atom is 0.408 e. The van der Waals surface area contributed by atoms with Crippen LogP contribution in [0.25, 0.3) is 0 Å². The number of rotatable bonds is 10. The zero-order valence-electron chi connectivity index (χ0n) is 16.3. The Morgan fingerprint density at radius 2 is 1.74 bits per heavy atom. The Hall–Kier alpha value is -1.93. The average Bonchev–Trinajstić information content (AvgIpc) is 2.58. The van der Waals surface area contributed by atoms with E-state index in [9.17, 15) is 18.9 Å². The number of carboxylic acids is 1. The quantitative estimate of drug-likeness (QED) is 0.627. The fourth-order valence-corrected chi connectivity index (χ4v) is 3.57. The van der Waals surface area contributed by atoms with Gasteiger partial charge >= 0.3 is 12.1 Å². The van der Waals surface area contributed by atoms with Gasteiger partial charge in [0.15, 0.2) is 0 Å². The van der Waals surface area contributed by atoms with Gasteiger partial charge in [-0.25, -0.2) is 9.59 Å². The summed E-state index contributed by atoms with van der Waals surface area (Å²) in [5, 5.41) is 11.6. The first-order chi connectivity index (χ1) is 12.6. The molecular weight excluding hydrogens is 370 g/mol. The standard InChI is InChI=1S/C19H29NO6S/c1-19(2,3)26-18(23)20-15(17(21)22)10-12-27(24)13-11-16(25-4)14-8-6-5-7-9-14/h5-9,15-16H,10-13H2,1-4H3,(H,20,23)(H,21,22). The second-order valence-corrected chi connectivity index (χ2v) is 8.79. The van der Waals surface area contributed by atoms with Crippen molar-refractivity contribution in [2.75, 3.05) is 18.6 Å². The summed E-state index contributed by atoms with van der Waals surface area (Å²) in [4.78, 5) is 23.1. The Labute approximate surface area is 162 Å². The highest BCUT2D eigenvalue weighted by Crippen LogP contribution is 2.20. The van der Waals surface area contributed by atoms with Crippen molar-refractivity contribution in [2.45, 2.75) is 51.4 Å². The summed E-state index contributed by atoms with van der Waals surface area (Å²) < 4.78 is 22.8. The molecule has 8 heteroatoms. The number of carboxylic acid groups (broad SMARTS) is 1. The van der Waals surface area contributed by atoms with Crippen LogP contribution >= 0.6 is 0 Å². The smallest absolute Gasteiger partial charge is 0.408 e. The first-order valence-electron chi connectivity index (χ1n) is 8.77. The third-order valence-electron chi connectivity index (χ3n) is 3.69. The molecule has 0 heterocycles. The van der Waals surface area contributed by atoms with Crippen molar-refractivity contribution in [3.8, 4) is 0 Å². The molecule has 3 atom stereocenters. The lowest BCUT2D eigenvalue weighted by Crippen LogP contribution is -2.44. The van der Waals surface area contributed by atoms with Gasteiger partial charge < -0.3 is 19.9 Å². The van der Waals surface area contributed by atoms with E-state index in [4.69, 9.17) is 9.47 Å². The largest absolute Gasteiger partial charge is 0.480 e. The fourth-order valence-electron chi connectivity index (χ4n) is 2.39. The van der Waals surface area contributed by atoms with E-state index in [2.05, 4.69) is 5.32 Å². The van der Waals surface area contributed by atoms with Crippen molar-refractivity contribution in [3.63, 3.8) is 0 Å². The zero-order chi connectivity index (χ0) is 20.4. The molecule has 0 saturated carbocycles. The molecule has 0 radical (unpaired) electrons. The number of carbonyl (C=O) groups excluding carboxylic acids is 1. The summed E-state index contributed by atoms with van der Waals surface area (Å²) in [7, 11) is 0.381. The highest BCUT2D eigenvalue weighted by molar-refractivity contribution is 7.84. The normalized spacial score (nSPS) is 14.8. The second-order valence-electron chi connectivity index (χ2n) is 7.10. The topological polar surface area (TPSA) is 102 Å². The first-order valence-corrected chi connectivity index (χ1v) is 10.3. The number of alkyl carbamates (subject to hydrolysis) is 1. The number of nitrogens with one attached hydrogen (secondary N) is 1.